The Hall–Kier alpha value is -4.74. The lowest BCUT2D eigenvalue weighted by molar-refractivity contribution is -0.140. The number of benzene rings is 1. The number of guanidine groups is 1. The first kappa shape index (κ1) is 29.3. The van der Waals surface area contributed by atoms with Gasteiger partial charge in [-0.25, -0.2) is 4.99 Å². The Morgan fingerprint density at radius 3 is 2.45 bits per heavy atom. The Morgan fingerprint density at radius 1 is 0.955 bits per heavy atom. The molecule has 2 aromatic heterocycles. The highest BCUT2D eigenvalue weighted by atomic mass is 16.3. The summed E-state index contributed by atoms with van der Waals surface area (Å²) in [5, 5.41) is 6.87. The number of aromatic nitrogens is 1. The van der Waals surface area contributed by atoms with Gasteiger partial charge in [-0.3, -0.25) is 29.5 Å². The number of nitrogens with zero attached hydrogens (tertiary/aromatic N) is 5. The molecule has 3 aliphatic heterocycles. The Labute approximate surface area is 255 Å². The van der Waals surface area contributed by atoms with Crippen molar-refractivity contribution in [1.29, 1.82) is 0 Å². The number of aliphatic imine (C=N–C) groups is 1. The molecule has 3 aliphatic rings. The summed E-state index contributed by atoms with van der Waals surface area (Å²) < 4.78 is 5.69. The van der Waals surface area contributed by atoms with Gasteiger partial charge in [0.05, 0.1) is 12.1 Å². The van der Waals surface area contributed by atoms with E-state index in [0.29, 0.717) is 31.7 Å². The highest BCUT2D eigenvalue weighted by molar-refractivity contribution is 6.11. The fraction of sp³-hybridized carbons (Fsp3) is 0.438. The Bertz CT molecular complexity index is 1590. The van der Waals surface area contributed by atoms with E-state index in [-0.39, 0.29) is 41.5 Å². The predicted molar refractivity (Wildman–Crippen MR) is 164 cm³/mol. The highest BCUT2D eigenvalue weighted by Crippen LogP contribution is 2.23. The van der Waals surface area contributed by atoms with Crippen LogP contribution in [0.3, 0.4) is 0 Å². The molecule has 3 saturated heterocycles. The number of pyridine rings is 1. The van der Waals surface area contributed by atoms with Gasteiger partial charge in [-0.2, -0.15) is 0 Å². The number of hydrogen-bond acceptors (Lipinski definition) is 7. The molecule has 0 aliphatic carbocycles. The van der Waals surface area contributed by atoms with Gasteiger partial charge in [0, 0.05) is 50.0 Å². The Balaban J connectivity index is 1.23. The second-order valence-corrected chi connectivity index (χ2v) is 11.6. The van der Waals surface area contributed by atoms with Crippen LogP contribution in [0.2, 0.25) is 0 Å². The quantitative estimate of drug-likeness (QED) is 0.328. The van der Waals surface area contributed by atoms with E-state index in [1.807, 2.05) is 30.0 Å². The van der Waals surface area contributed by atoms with E-state index in [1.165, 1.54) is 6.20 Å². The summed E-state index contributed by atoms with van der Waals surface area (Å²) in [6.07, 6.45) is 6.32. The van der Waals surface area contributed by atoms with Crippen molar-refractivity contribution in [1.82, 2.24) is 25.0 Å². The average molecular weight is 600 g/mol. The average Bonchev–Trinajstić information content (AvgIpc) is 3.62. The molecule has 0 radical (unpaired) electrons. The number of hydrogen-bond donors (Lipinski definition) is 2. The summed E-state index contributed by atoms with van der Waals surface area (Å²) in [5.41, 5.74) is 1.90. The normalized spacial score (nSPS) is 19.1. The molecule has 1 unspecified atom stereocenters. The van der Waals surface area contributed by atoms with Gasteiger partial charge < -0.3 is 24.4 Å². The molecule has 4 amide bonds. The van der Waals surface area contributed by atoms with Gasteiger partial charge in [0.2, 0.25) is 17.8 Å². The molecule has 0 bridgehead atoms. The number of rotatable bonds is 6. The molecule has 0 spiro atoms. The van der Waals surface area contributed by atoms with Crippen LogP contribution < -0.4 is 10.6 Å². The first-order valence-electron chi connectivity index (χ1n) is 15.3. The summed E-state index contributed by atoms with van der Waals surface area (Å²) >= 11 is 0. The van der Waals surface area contributed by atoms with Gasteiger partial charge in [0.15, 0.2) is 0 Å². The van der Waals surface area contributed by atoms with Gasteiger partial charge in [0.25, 0.3) is 11.8 Å². The topological polar surface area (TPSA) is 140 Å². The van der Waals surface area contributed by atoms with Crippen LogP contribution in [0.1, 0.15) is 65.1 Å². The van der Waals surface area contributed by atoms with E-state index in [9.17, 15) is 19.2 Å². The van der Waals surface area contributed by atoms with Crippen LogP contribution >= 0.6 is 0 Å². The van der Waals surface area contributed by atoms with E-state index < -0.39 is 11.9 Å². The Kier molecular flexibility index (Phi) is 8.58. The second-order valence-electron chi connectivity index (χ2n) is 11.6. The third-order valence-corrected chi connectivity index (χ3v) is 8.34. The van der Waals surface area contributed by atoms with E-state index in [2.05, 4.69) is 15.6 Å². The lowest BCUT2D eigenvalue weighted by Crippen LogP contribution is -2.45. The molecular formula is C32H37N7O5. The molecule has 0 saturated carbocycles. The summed E-state index contributed by atoms with van der Waals surface area (Å²) in [6.45, 7) is 5.27. The highest BCUT2D eigenvalue weighted by Gasteiger charge is 2.31. The van der Waals surface area contributed by atoms with Crippen LogP contribution in [0.25, 0.3) is 11.0 Å². The second kappa shape index (κ2) is 12.9. The molecule has 6 rings (SSSR count). The van der Waals surface area contributed by atoms with Crippen molar-refractivity contribution >= 4 is 46.2 Å². The third-order valence-electron chi connectivity index (χ3n) is 8.34. The third kappa shape index (κ3) is 6.58. The maximum atomic E-state index is 13.7. The smallest absolute Gasteiger partial charge is 0.272 e. The monoisotopic (exact) mass is 599 g/mol. The molecule has 5 heterocycles. The maximum absolute atomic E-state index is 13.7. The molecule has 1 atom stereocenters. The van der Waals surface area contributed by atoms with Crippen LogP contribution in [-0.4, -0.2) is 94.6 Å². The number of likely N-dealkylation sites (tertiary alicyclic amines) is 3. The van der Waals surface area contributed by atoms with Crippen molar-refractivity contribution in [2.75, 3.05) is 44.6 Å². The molecule has 12 heteroatoms. The SMILES string of the molecule is Cc1cc2cc(NC(=NC3CCCCN(CC(=O)N4CCCC4)C3=O)NC(=O)c3ccc(C(=O)N4CCC4)nc3)ccc2o1. The minimum atomic E-state index is -0.777. The van der Waals surface area contributed by atoms with Gasteiger partial charge in [-0.05, 0) is 81.8 Å². The molecule has 1 aromatic carbocycles. The zero-order chi connectivity index (χ0) is 30.6. The van der Waals surface area contributed by atoms with Crippen LogP contribution in [0.5, 0.6) is 0 Å². The number of carbonyl (C=O) groups excluding carboxylic acids is 4. The van der Waals surface area contributed by atoms with Crippen LogP contribution in [-0.2, 0) is 9.59 Å². The number of amides is 4. The zero-order valence-corrected chi connectivity index (χ0v) is 24.9. The van der Waals surface area contributed by atoms with Gasteiger partial charge in [0.1, 0.15) is 23.1 Å². The van der Waals surface area contributed by atoms with Crippen LogP contribution in [0.4, 0.5) is 5.69 Å². The number of carbonyl (C=O) groups is 4. The summed E-state index contributed by atoms with van der Waals surface area (Å²) in [5.74, 6) is -0.0537. The van der Waals surface area contributed by atoms with E-state index in [4.69, 9.17) is 9.41 Å². The van der Waals surface area contributed by atoms with E-state index >= 15 is 0 Å². The lowest BCUT2D eigenvalue weighted by atomic mass is 10.1. The summed E-state index contributed by atoms with van der Waals surface area (Å²) in [6, 6.07) is 9.73. The zero-order valence-electron chi connectivity index (χ0n) is 24.9. The summed E-state index contributed by atoms with van der Waals surface area (Å²) in [7, 11) is 0. The van der Waals surface area contributed by atoms with E-state index in [0.717, 1.165) is 61.9 Å². The molecule has 230 valence electrons. The van der Waals surface area contributed by atoms with Crippen molar-refractivity contribution in [3.05, 3.63) is 59.6 Å². The number of furan rings is 1. The van der Waals surface area contributed by atoms with Crippen molar-refractivity contribution in [2.45, 2.75) is 51.5 Å². The number of fused-ring (bicyclic) bond motifs is 1. The predicted octanol–water partition coefficient (Wildman–Crippen LogP) is 3.18. The van der Waals surface area contributed by atoms with Crippen molar-refractivity contribution < 1.29 is 23.6 Å². The van der Waals surface area contributed by atoms with Gasteiger partial charge in [-0.1, -0.05) is 0 Å². The first-order chi connectivity index (χ1) is 21.3. The van der Waals surface area contributed by atoms with Crippen LogP contribution in [0, 0.1) is 6.92 Å². The van der Waals surface area contributed by atoms with Gasteiger partial charge in [-0.15, -0.1) is 0 Å². The van der Waals surface area contributed by atoms with Crippen molar-refractivity contribution in [3.63, 3.8) is 0 Å². The maximum Gasteiger partial charge on any atom is 0.272 e. The molecule has 12 nitrogen and oxygen atoms in total. The molecule has 3 fully saturated rings. The number of nitrogens with one attached hydrogen (secondary N) is 2. The minimum absolute atomic E-state index is 0.0324. The molecular weight excluding hydrogens is 562 g/mol. The van der Waals surface area contributed by atoms with Crippen LogP contribution in [0.15, 0.2) is 52.0 Å². The lowest BCUT2D eigenvalue weighted by Gasteiger charge is -2.30. The fourth-order valence-electron chi connectivity index (χ4n) is 5.75. The van der Waals surface area contributed by atoms with Crippen molar-refractivity contribution in [2.24, 2.45) is 4.99 Å². The number of aryl methyl sites for hydroxylation is 1. The first-order valence-corrected chi connectivity index (χ1v) is 15.3. The van der Waals surface area contributed by atoms with Gasteiger partial charge >= 0.3 is 0 Å². The molecule has 3 aromatic rings. The number of anilines is 1. The summed E-state index contributed by atoms with van der Waals surface area (Å²) in [4.78, 5) is 66.4. The molecule has 44 heavy (non-hydrogen) atoms. The minimum Gasteiger partial charge on any atom is -0.461 e. The standard InChI is InChI=1S/C32H37N7O5/c1-21-17-23-18-24(9-11-27(23)44-21)34-32(36-29(41)22-8-10-25(33-19-22)30(42)38-15-6-16-38)35-26-7-2-3-14-39(31(26)43)20-28(40)37-12-4-5-13-37/h8-11,17-19,26H,2-7,12-16,20H2,1H3,(H2,34,35,36,41). The largest absolute Gasteiger partial charge is 0.461 e. The fourth-order valence-corrected chi connectivity index (χ4v) is 5.75. The van der Waals surface area contributed by atoms with Crippen molar-refractivity contribution in [3.8, 4) is 0 Å². The Morgan fingerprint density at radius 2 is 1.73 bits per heavy atom. The molecule has 2 N–H and O–H groups in total. The van der Waals surface area contributed by atoms with E-state index in [1.54, 1.807) is 28.0 Å².